The summed E-state index contributed by atoms with van der Waals surface area (Å²) in [5.74, 6) is 2.51. The number of methoxy groups -OCH3 is 4. The summed E-state index contributed by atoms with van der Waals surface area (Å²) in [6.07, 6.45) is 0.668. The van der Waals surface area contributed by atoms with Crippen molar-refractivity contribution >= 4 is 11.0 Å². The Bertz CT molecular complexity index is 974. The van der Waals surface area contributed by atoms with Crippen molar-refractivity contribution in [2.75, 3.05) is 28.4 Å². The first kappa shape index (κ1) is 17.7. The Morgan fingerprint density at radius 1 is 0.846 bits per heavy atom. The number of hydrogen-bond donors (Lipinski definition) is 1. The molecule has 2 aromatic carbocycles. The Balaban J connectivity index is 1.91. The van der Waals surface area contributed by atoms with Crippen LogP contribution in [0.15, 0.2) is 35.1 Å². The van der Waals surface area contributed by atoms with Crippen molar-refractivity contribution < 1.29 is 18.9 Å². The van der Waals surface area contributed by atoms with Gasteiger partial charge in [-0.2, -0.15) is 0 Å². The van der Waals surface area contributed by atoms with Gasteiger partial charge in [0.1, 0.15) is 0 Å². The van der Waals surface area contributed by atoms with Gasteiger partial charge in [0.25, 0.3) is 0 Å². The molecule has 7 heteroatoms. The van der Waals surface area contributed by atoms with Crippen LogP contribution in [0.3, 0.4) is 0 Å². The molecule has 0 fully saturated rings. The summed E-state index contributed by atoms with van der Waals surface area (Å²) in [4.78, 5) is 15.2. The SMILES string of the molecule is COc1ccc(CCn2c(=O)[nH]c3cc(OC)c(OC)cc32)cc1OC. The van der Waals surface area contributed by atoms with Crippen LogP contribution in [0.25, 0.3) is 11.0 Å². The Morgan fingerprint density at radius 2 is 1.46 bits per heavy atom. The summed E-state index contributed by atoms with van der Waals surface area (Å²) in [7, 11) is 6.34. The molecule has 0 saturated heterocycles. The van der Waals surface area contributed by atoms with Crippen molar-refractivity contribution in [2.24, 2.45) is 0 Å². The van der Waals surface area contributed by atoms with Crippen LogP contribution in [0.1, 0.15) is 5.56 Å². The molecule has 0 radical (unpaired) electrons. The molecule has 0 aliphatic heterocycles. The van der Waals surface area contributed by atoms with Crippen LogP contribution in [0.4, 0.5) is 0 Å². The van der Waals surface area contributed by atoms with Crippen molar-refractivity contribution in [3.05, 3.63) is 46.4 Å². The lowest BCUT2D eigenvalue weighted by molar-refractivity contribution is 0.354. The summed E-state index contributed by atoms with van der Waals surface area (Å²) in [6.45, 7) is 0.518. The third kappa shape index (κ3) is 3.20. The molecule has 0 unspecified atom stereocenters. The molecule has 0 atom stereocenters. The van der Waals surface area contributed by atoms with Crippen LogP contribution in [0.5, 0.6) is 23.0 Å². The zero-order chi connectivity index (χ0) is 18.7. The van der Waals surface area contributed by atoms with Gasteiger partial charge in [0, 0.05) is 18.7 Å². The van der Waals surface area contributed by atoms with Gasteiger partial charge in [-0.3, -0.25) is 4.57 Å². The second kappa shape index (κ2) is 7.43. The van der Waals surface area contributed by atoms with E-state index in [1.54, 1.807) is 45.1 Å². The zero-order valence-corrected chi connectivity index (χ0v) is 15.3. The van der Waals surface area contributed by atoms with Gasteiger partial charge in [-0.05, 0) is 24.1 Å². The minimum atomic E-state index is -0.171. The van der Waals surface area contributed by atoms with E-state index in [0.29, 0.717) is 41.5 Å². The average molecular weight is 358 g/mol. The highest BCUT2D eigenvalue weighted by Crippen LogP contribution is 2.31. The van der Waals surface area contributed by atoms with E-state index in [4.69, 9.17) is 18.9 Å². The molecular formula is C19H22N2O5. The van der Waals surface area contributed by atoms with E-state index < -0.39 is 0 Å². The third-order valence-electron chi connectivity index (χ3n) is 4.35. The maximum atomic E-state index is 12.4. The molecule has 26 heavy (non-hydrogen) atoms. The van der Waals surface area contributed by atoms with Crippen molar-refractivity contribution in [2.45, 2.75) is 13.0 Å². The van der Waals surface area contributed by atoms with E-state index in [1.807, 2.05) is 18.2 Å². The molecule has 1 N–H and O–H groups in total. The number of rotatable bonds is 7. The molecular weight excluding hydrogens is 336 g/mol. The summed E-state index contributed by atoms with van der Waals surface area (Å²) in [5, 5.41) is 0. The Morgan fingerprint density at radius 3 is 2.12 bits per heavy atom. The highest BCUT2D eigenvalue weighted by atomic mass is 16.5. The topological polar surface area (TPSA) is 74.7 Å². The smallest absolute Gasteiger partial charge is 0.326 e. The van der Waals surface area contributed by atoms with Gasteiger partial charge in [0.2, 0.25) is 0 Å². The average Bonchev–Trinajstić information content (AvgIpc) is 2.98. The first-order chi connectivity index (χ1) is 12.6. The van der Waals surface area contributed by atoms with Gasteiger partial charge in [-0.15, -0.1) is 0 Å². The first-order valence-electron chi connectivity index (χ1n) is 8.16. The minimum Gasteiger partial charge on any atom is -0.493 e. The number of aromatic amines is 1. The lowest BCUT2D eigenvalue weighted by Crippen LogP contribution is -2.17. The van der Waals surface area contributed by atoms with E-state index >= 15 is 0 Å². The molecule has 0 spiro atoms. The highest BCUT2D eigenvalue weighted by Gasteiger charge is 2.13. The lowest BCUT2D eigenvalue weighted by Gasteiger charge is -2.11. The van der Waals surface area contributed by atoms with E-state index in [0.717, 1.165) is 11.1 Å². The molecule has 7 nitrogen and oxygen atoms in total. The summed E-state index contributed by atoms with van der Waals surface area (Å²) in [5.41, 5.74) is 2.35. The van der Waals surface area contributed by atoms with Crippen LogP contribution in [-0.4, -0.2) is 38.0 Å². The molecule has 3 rings (SSSR count). The maximum absolute atomic E-state index is 12.4. The Labute approximate surface area is 151 Å². The molecule has 138 valence electrons. The van der Waals surface area contributed by atoms with Gasteiger partial charge in [0.05, 0.1) is 39.5 Å². The van der Waals surface area contributed by atoms with Crippen LogP contribution in [-0.2, 0) is 13.0 Å². The molecule has 0 aliphatic rings. The second-order valence-electron chi connectivity index (χ2n) is 5.75. The fraction of sp³-hybridized carbons (Fsp3) is 0.316. The number of fused-ring (bicyclic) bond motifs is 1. The normalized spacial score (nSPS) is 10.8. The number of H-pyrrole nitrogens is 1. The number of aryl methyl sites for hydroxylation is 2. The van der Waals surface area contributed by atoms with Crippen LogP contribution >= 0.6 is 0 Å². The van der Waals surface area contributed by atoms with Gasteiger partial charge in [0.15, 0.2) is 23.0 Å². The van der Waals surface area contributed by atoms with Crippen LogP contribution < -0.4 is 24.6 Å². The van der Waals surface area contributed by atoms with E-state index in [-0.39, 0.29) is 5.69 Å². The van der Waals surface area contributed by atoms with E-state index in [9.17, 15) is 4.79 Å². The van der Waals surface area contributed by atoms with Crippen molar-refractivity contribution in [3.63, 3.8) is 0 Å². The molecule has 0 bridgehead atoms. The summed E-state index contributed by atoms with van der Waals surface area (Å²) < 4.78 is 22.9. The monoisotopic (exact) mass is 358 g/mol. The van der Waals surface area contributed by atoms with Crippen LogP contribution in [0.2, 0.25) is 0 Å². The standard InChI is InChI=1S/C19H22N2O5/c1-23-15-6-5-12(9-16(15)24-2)7-8-21-14-11-18(26-4)17(25-3)10-13(14)20-19(21)22/h5-6,9-11H,7-8H2,1-4H3,(H,20,22). The van der Waals surface area contributed by atoms with Gasteiger partial charge in [-0.1, -0.05) is 6.07 Å². The lowest BCUT2D eigenvalue weighted by atomic mass is 10.1. The Kier molecular flexibility index (Phi) is 5.06. The van der Waals surface area contributed by atoms with E-state index in [1.165, 1.54) is 0 Å². The number of imidazole rings is 1. The zero-order valence-electron chi connectivity index (χ0n) is 15.3. The molecule has 0 saturated carbocycles. The fourth-order valence-electron chi connectivity index (χ4n) is 2.98. The van der Waals surface area contributed by atoms with Gasteiger partial charge in [-0.25, -0.2) is 4.79 Å². The largest absolute Gasteiger partial charge is 0.493 e. The highest BCUT2D eigenvalue weighted by molar-refractivity contribution is 5.80. The van der Waals surface area contributed by atoms with Gasteiger partial charge < -0.3 is 23.9 Å². The van der Waals surface area contributed by atoms with Gasteiger partial charge >= 0.3 is 5.69 Å². The molecule has 1 heterocycles. The molecule has 0 aliphatic carbocycles. The quantitative estimate of drug-likeness (QED) is 0.703. The molecule has 1 aromatic heterocycles. The third-order valence-corrected chi connectivity index (χ3v) is 4.35. The van der Waals surface area contributed by atoms with Crippen LogP contribution in [0, 0.1) is 0 Å². The number of ether oxygens (including phenoxy) is 4. The fourth-order valence-corrected chi connectivity index (χ4v) is 2.98. The second-order valence-corrected chi connectivity index (χ2v) is 5.75. The minimum absolute atomic E-state index is 0.171. The van der Waals surface area contributed by atoms with E-state index in [2.05, 4.69) is 4.98 Å². The number of hydrogen-bond acceptors (Lipinski definition) is 5. The predicted octanol–water partition coefficient (Wildman–Crippen LogP) is 2.61. The number of nitrogens with zero attached hydrogens (tertiary/aromatic N) is 1. The maximum Gasteiger partial charge on any atom is 0.326 e. The molecule has 0 amide bonds. The number of nitrogens with one attached hydrogen (secondary N) is 1. The predicted molar refractivity (Wildman–Crippen MR) is 98.9 cm³/mol. The number of benzene rings is 2. The first-order valence-corrected chi connectivity index (χ1v) is 8.16. The molecule has 3 aromatic rings. The number of aromatic nitrogens is 2. The van der Waals surface area contributed by atoms with Crippen molar-refractivity contribution in [1.82, 2.24) is 9.55 Å². The Hall–Kier alpha value is -3.09. The summed E-state index contributed by atoms with van der Waals surface area (Å²) in [6, 6.07) is 9.32. The van der Waals surface area contributed by atoms with Crippen molar-refractivity contribution in [1.29, 1.82) is 0 Å². The van der Waals surface area contributed by atoms with Crippen molar-refractivity contribution in [3.8, 4) is 23.0 Å². The summed E-state index contributed by atoms with van der Waals surface area (Å²) >= 11 is 0.